The predicted octanol–water partition coefficient (Wildman–Crippen LogP) is 2.79. The first-order chi connectivity index (χ1) is 7.92. The van der Waals surface area contributed by atoms with E-state index in [2.05, 4.69) is 12.2 Å². The van der Waals surface area contributed by atoms with Crippen LogP contribution in [-0.2, 0) is 0 Å². The van der Waals surface area contributed by atoms with Gasteiger partial charge in [-0.3, -0.25) is 4.90 Å². The minimum atomic E-state index is -4.05. The van der Waals surface area contributed by atoms with Crippen LogP contribution in [0.5, 0.6) is 0 Å². The van der Waals surface area contributed by atoms with Crippen molar-refractivity contribution in [3.63, 3.8) is 0 Å². The molecule has 0 bridgehead atoms. The average Bonchev–Trinajstić information content (AvgIpc) is 3.04. The topological polar surface area (TPSA) is 15.3 Å². The highest BCUT2D eigenvalue weighted by Gasteiger charge is 2.37. The molecule has 102 valence electrons. The van der Waals surface area contributed by atoms with E-state index in [1.807, 2.05) is 7.05 Å². The third-order valence-electron chi connectivity index (χ3n) is 3.27. The zero-order chi connectivity index (χ0) is 12.9. The molecule has 1 rings (SSSR count). The molecule has 2 nitrogen and oxygen atoms in total. The predicted molar refractivity (Wildman–Crippen MR) is 63.0 cm³/mol. The standard InChI is InChI=1S/C12H23F3N2/c1-10(16-2)5-3-4-8-17(11-6-7-11)9-12(13,14)15/h10-11,16H,3-9H2,1-2H3. The number of hydrogen-bond donors (Lipinski definition) is 1. The molecule has 5 heteroatoms. The van der Waals surface area contributed by atoms with Crippen LogP contribution < -0.4 is 5.32 Å². The molecular weight excluding hydrogens is 229 g/mol. The summed E-state index contributed by atoms with van der Waals surface area (Å²) in [6, 6.07) is 0.644. The van der Waals surface area contributed by atoms with Crippen molar-refractivity contribution in [3.05, 3.63) is 0 Å². The van der Waals surface area contributed by atoms with Gasteiger partial charge in [-0.25, -0.2) is 0 Å². The van der Waals surface area contributed by atoms with Crippen molar-refractivity contribution in [2.45, 2.75) is 57.3 Å². The van der Waals surface area contributed by atoms with Gasteiger partial charge in [0.15, 0.2) is 0 Å². The zero-order valence-electron chi connectivity index (χ0n) is 10.7. The van der Waals surface area contributed by atoms with Crippen LogP contribution in [0.1, 0.15) is 39.0 Å². The van der Waals surface area contributed by atoms with E-state index in [-0.39, 0.29) is 6.04 Å². The Labute approximate surface area is 102 Å². The van der Waals surface area contributed by atoms with Crippen molar-refractivity contribution in [2.24, 2.45) is 0 Å². The van der Waals surface area contributed by atoms with Gasteiger partial charge in [-0.05, 0) is 46.2 Å². The molecule has 1 aliphatic rings. The van der Waals surface area contributed by atoms with E-state index >= 15 is 0 Å². The minimum absolute atomic E-state index is 0.193. The number of nitrogens with one attached hydrogen (secondary N) is 1. The van der Waals surface area contributed by atoms with Gasteiger partial charge in [0.25, 0.3) is 0 Å². The average molecular weight is 252 g/mol. The molecule has 0 aromatic rings. The smallest absolute Gasteiger partial charge is 0.317 e. The highest BCUT2D eigenvalue weighted by molar-refractivity contribution is 4.85. The molecule has 0 amide bonds. The van der Waals surface area contributed by atoms with Crippen LogP contribution in [-0.4, -0.2) is 43.3 Å². The Bertz CT molecular complexity index is 214. The monoisotopic (exact) mass is 252 g/mol. The minimum Gasteiger partial charge on any atom is -0.317 e. The molecule has 1 aliphatic carbocycles. The van der Waals surface area contributed by atoms with Gasteiger partial charge in [0, 0.05) is 12.1 Å². The molecule has 1 N–H and O–H groups in total. The second-order valence-corrected chi connectivity index (χ2v) is 5.00. The lowest BCUT2D eigenvalue weighted by molar-refractivity contribution is -0.147. The van der Waals surface area contributed by atoms with E-state index in [4.69, 9.17) is 0 Å². The van der Waals surface area contributed by atoms with E-state index < -0.39 is 12.7 Å². The first kappa shape index (κ1) is 14.8. The number of halogens is 3. The second-order valence-electron chi connectivity index (χ2n) is 5.00. The summed E-state index contributed by atoms with van der Waals surface area (Å²) in [4.78, 5) is 1.60. The highest BCUT2D eigenvalue weighted by Crippen LogP contribution is 2.30. The lowest BCUT2D eigenvalue weighted by atomic mass is 10.1. The Morgan fingerprint density at radius 3 is 2.41 bits per heavy atom. The van der Waals surface area contributed by atoms with Gasteiger partial charge in [0.1, 0.15) is 0 Å². The maximum absolute atomic E-state index is 12.3. The van der Waals surface area contributed by atoms with Crippen molar-refractivity contribution < 1.29 is 13.2 Å². The molecule has 1 atom stereocenters. The van der Waals surface area contributed by atoms with Gasteiger partial charge in [0.05, 0.1) is 6.54 Å². The lowest BCUT2D eigenvalue weighted by Crippen LogP contribution is -2.36. The third-order valence-corrected chi connectivity index (χ3v) is 3.27. The number of unbranched alkanes of at least 4 members (excludes halogenated alkanes) is 1. The molecule has 17 heavy (non-hydrogen) atoms. The summed E-state index contributed by atoms with van der Waals surface area (Å²) in [7, 11) is 1.91. The molecular formula is C12H23F3N2. The maximum atomic E-state index is 12.3. The van der Waals surface area contributed by atoms with Crippen LogP contribution in [0.3, 0.4) is 0 Å². The molecule has 0 radical (unpaired) electrons. The fraction of sp³-hybridized carbons (Fsp3) is 1.00. The van der Waals surface area contributed by atoms with Crippen molar-refractivity contribution in [1.29, 1.82) is 0 Å². The van der Waals surface area contributed by atoms with Gasteiger partial charge >= 0.3 is 6.18 Å². The summed E-state index contributed by atoms with van der Waals surface area (Å²) in [5, 5.41) is 3.13. The molecule has 0 aromatic carbocycles. The SMILES string of the molecule is CNC(C)CCCCN(CC(F)(F)F)C1CC1. The highest BCUT2D eigenvalue weighted by atomic mass is 19.4. The molecule has 0 saturated heterocycles. The summed E-state index contributed by atoms with van der Waals surface area (Å²) in [6.45, 7) is 1.94. The third kappa shape index (κ3) is 6.88. The Hall–Kier alpha value is -0.290. The Morgan fingerprint density at radius 2 is 1.94 bits per heavy atom. The zero-order valence-corrected chi connectivity index (χ0v) is 10.7. The van der Waals surface area contributed by atoms with Crippen LogP contribution in [0, 0.1) is 0 Å². The molecule has 0 aliphatic heterocycles. The van der Waals surface area contributed by atoms with Gasteiger partial charge in [-0.1, -0.05) is 6.42 Å². The molecule has 1 fully saturated rings. The van der Waals surface area contributed by atoms with Gasteiger partial charge in [-0.2, -0.15) is 13.2 Å². The largest absolute Gasteiger partial charge is 0.401 e. The Balaban J connectivity index is 2.17. The molecule has 0 spiro atoms. The summed E-state index contributed by atoms with van der Waals surface area (Å²) >= 11 is 0. The summed E-state index contributed by atoms with van der Waals surface area (Å²) < 4.78 is 37.0. The molecule has 0 aromatic heterocycles. The Kier molecular flexibility index (Phi) is 5.73. The summed E-state index contributed by atoms with van der Waals surface area (Å²) in [5.41, 5.74) is 0. The van der Waals surface area contributed by atoms with E-state index in [1.165, 1.54) is 0 Å². The Morgan fingerprint density at radius 1 is 1.29 bits per heavy atom. The lowest BCUT2D eigenvalue weighted by Gasteiger charge is -2.23. The molecule has 0 heterocycles. The molecule has 1 saturated carbocycles. The van der Waals surface area contributed by atoms with Crippen molar-refractivity contribution in [2.75, 3.05) is 20.1 Å². The second kappa shape index (κ2) is 6.59. The van der Waals surface area contributed by atoms with Crippen molar-refractivity contribution in [3.8, 4) is 0 Å². The maximum Gasteiger partial charge on any atom is 0.401 e. The first-order valence-corrected chi connectivity index (χ1v) is 6.40. The van der Waals surface area contributed by atoms with Crippen molar-refractivity contribution in [1.82, 2.24) is 10.2 Å². The van der Waals surface area contributed by atoms with E-state index in [0.717, 1.165) is 32.1 Å². The summed E-state index contributed by atoms with van der Waals surface area (Å²) in [6.07, 6.45) is 0.690. The first-order valence-electron chi connectivity index (χ1n) is 6.40. The van der Waals surface area contributed by atoms with Crippen LogP contribution in [0.4, 0.5) is 13.2 Å². The fourth-order valence-electron chi connectivity index (χ4n) is 1.97. The number of alkyl halides is 3. The normalized spacial score (nSPS) is 18.7. The van der Waals surface area contributed by atoms with Crippen LogP contribution in [0.25, 0.3) is 0 Å². The van der Waals surface area contributed by atoms with E-state index in [1.54, 1.807) is 4.90 Å². The number of nitrogens with zero attached hydrogens (tertiary/aromatic N) is 1. The fourth-order valence-corrected chi connectivity index (χ4v) is 1.97. The van der Waals surface area contributed by atoms with Crippen molar-refractivity contribution >= 4 is 0 Å². The van der Waals surface area contributed by atoms with Crippen LogP contribution in [0.2, 0.25) is 0 Å². The van der Waals surface area contributed by atoms with E-state index in [9.17, 15) is 13.2 Å². The quantitative estimate of drug-likeness (QED) is 0.668. The molecule has 1 unspecified atom stereocenters. The number of rotatable bonds is 8. The van der Waals surface area contributed by atoms with Gasteiger partial charge in [0.2, 0.25) is 0 Å². The summed E-state index contributed by atoms with van der Waals surface area (Å²) in [5.74, 6) is 0. The number of hydrogen-bond acceptors (Lipinski definition) is 2. The van der Waals surface area contributed by atoms with Crippen LogP contribution >= 0.6 is 0 Å². The van der Waals surface area contributed by atoms with Gasteiger partial charge < -0.3 is 5.32 Å². The van der Waals surface area contributed by atoms with Crippen LogP contribution in [0.15, 0.2) is 0 Å². The van der Waals surface area contributed by atoms with E-state index in [0.29, 0.717) is 12.6 Å². The van der Waals surface area contributed by atoms with Gasteiger partial charge in [-0.15, -0.1) is 0 Å².